The molecule has 0 spiro atoms. The van der Waals surface area contributed by atoms with Crippen molar-refractivity contribution in [1.82, 2.24) is 4.98 Å². The molecule has 1 heterocycles. The third-order valence-electron chi connectivity index (χ3n) is 3.28. The number of halogens is 1. The fourth-order valence-corrected chi connectivity index (χ4v) is 2.99. The van der Waals surface area contributed by atoms with Crippen LogP contribution in [0.3, 0.4) is 0 Å². The van der Waals surface area contributed by atoms with Gasteiger partial charge < -0.3 is 0 Å². The van der Waals surface area contributed by atoms with E-state index in [1.807, 2.05) is 6.20 Å². The Morgan fingerprint density at radius 1 is 1.25 bits per heavy atom. The van der Waals surface area contributed by atoms with E-state index in [1.54, 1.807) is 0 Å². The summed E-state index contributed by atoms with van der Waals surface area (Å²) in [5, 5.41) is 2.60. The number of rotatable bonds is 3. The molecule has 1 aromatic carbocycles. The minimum Gasteiger partial charge on any atom is -0.261 e. The summed E-state index contributed by atoms with van der Waals surface area (Å²) >= 11 is 3.79. The van der Waals surface area contributed by atoms with Gasteiger partial charge in [-0.15, -0.1) is 0 Å². The molecule has 0 radical (unpaired) electrons. The van der Waals surface area contributed by atoms with Crippen molar-refractivity contribution in [3.63, 3.8) is 0 Å². The number of benzene rings is 1. The number of nitrogens with zero attached hydrogens (tertiary/aromatic N) is 1. The second-order valence-corrected chi connectivity index (χ2v) is 5.71. The molecule has 3 rings (SSSR count). The Hall–Kier alpha value is -0.890. The summed E-state index contributed by atoms with van der Waals surface area (Å²) in [6.45, 7) is 0. The first-order valence-electron chi connectivity index (χ1n) is 5.81. The number of hydrogen-bond acceptors (Lipinski definition) is 1. The van der Waals surface area contributed by atoms with Gasteiger partial charge in [0.1, 0.15) is 0 Å². The van der Waals surface area contributed by atoms with Crippen molar-refractivity contribution in [2.45, 2.75) is 24.1 Å². The van der Waals surface area contributed by atoms with Crippen molar-refractivity contribution in [3.8, 4) is 0 Å². The molecule has 0 amide bonds. The van der Waals surface area contributed by atoms with Gasteiger partial charge in [-0.3, -0.25) is 4.98 Å². The summed E-state index contributed by atoms with van der Waals surface area (Å²) in [5.74, 6) is 0.876. The Bertz CT molecular complexity index is 500. The maximum absolute atomic E-state index is 4.53. The third kappa shape index (κ3) is 1.99. The molecule has 1 atom stereocenters. The Kier molecular flexibility index (Phi) is 2.68. The van der Waals surface area contributed by atoms with Gasteiger partial charge in [0.05, 0.1) is 0 Å². The van der Waals surface area contributed by atoms with Crippen molar-refractivity contribution in [1.29, 1.82) is 0 Å². The molecular weight excluding hydrogens is 262 g/mol. The lowest BCUT2D eigenvalue weighted by molar-refractivity contribution is 0.751. The normalized spacial score (nSPS) is 17.6. The van der Waals surface area contributed by atoms with Crippen molar-refractivity contribution >= 4 is 26.7 Å². The summed E-state index contributed by atoms with van der Waals surface area (Å²) in [6, 6.07) is 10.6. The first kappa shape index (κ1) is 10.3. The lowest BCUT2D eigenvalue weighted by Gasteiger charge is -2.09. The number of aromatic nitrogens is 1. The fourth-order valence-electron chi connectivity index (χ4n) is 2.15. The van der Waals surface area contributed by atoms with E-state index in [9.17, 15) is 0 Å². The van der Waals surface area contributed by atoms with Crippen molar-refractivity contribution in [3.05, 3.63) is 42.2 Å². The average Bonchev–Trinajstić information content (AvgIpc) is 3.13. The first-order valence-corrected chi connectivity index (χ1v) is 6.73. The molecule has 1 aliphatic carbocycles. The van der Waals surface area contributed by atoms with Crippen LogP contribution in [-0.4, -0.2) is 9.81 Å². The standard InChI is InChI=1S/C14H14BrN/c15-13(11-5-6-11)9-14-12-4-2-1-3-10(12)7-8-16-14/h1-4,7-8,11,13H,5-6,9H2. The van der Waals surface area contributed by atoms with Gasteiger partial charge in [0.15, 0.2) is 0 Å². The van der Waals surface area contributed by atoms with Crippen LogP contribution in [0.15, 0.2) is 36.5 Å². The Morgan fingerprint density at radius 3 is 2.88 bits per heavy atom. The van der Waals surface area contributed by atoms with Gasteiger partial charge >= 0.3 is 0 Å². The molecule has 1 unspecified atom stereocenters. The lowest BCUT2D eigenvalue weighted by Crippen LogP contribution is -2.06. The molecule has 1 aliphatic rings. The van der Waals surface area contributed by atoms with Gasteiger partial charge in [-0.1, -0.05) is 40.2 Å². The molecule has 1 nitrogen and oxygen atoms in total. The van der Waals surface area contributed by atoms with E-state index in [0.29, 0.717) is 4.83 Å². The predicted molar refractivity (Wildman–Crippen MR) is 70.9 cm³/mol. The van der Waals surface area contributed by atoms with Gasteiger partial charge in [0.2, 0.25) is 0 Å². The van der Waals surface area contributed by atoms with E-state index in [1.165, 1.54) is 29.3 Å². The van der Waals surface area contributed by atoms with E-state index in [0.717, 1.165) is 12.3 Å². The SMILES string of the molecule is BrC(Cc1nccc2ccccc12)C1CC1. The lowest BCUT2D eigenvalue weighted by atomic mass is 10.1. The molecule has 0 saturated heterocycles. The van der Waals surface area contributed by atoms with Crippen LogP contribution in [0.4, 0.5) is 0 Å². The van der Waals surface area contributed by atoms with Crippen molar-refractivity contribution < 1.29 is 0 Å². The smallest absolute Gasteiger partial charge is 0.0493 e. The maximum Gasteiger partial charge on any atom is 0.0493 e. The van der Waals surface area contributed by atoms with Gasteiger partial charge in [-0.05, 0) is 30.2 Å². The number of pyridine rings is 1. The molecule has 82 valence electrons. The Balaban J connectivity index is 1.95. The molecule has 2 heteroatoms. The number of fused-ring (bicyclic) bond motifs is 1. The van der Waals surface area contributed by atoms with Crippen molar-refractivity contribution in [2.75, 3.05) is 0 Å². The van der Waals surface area contributed by atoms with Crippen LogP contribution >= 0.6 is 15.9 Å². The molecule has 0 N–H and O–H groups in total. The Morgan fingerprint density at radius 2 is 2.06 bits per heavy atom. The highest BCUT2D eigenvalue weighted by Gasteiger charge is 2.29. The zero-order valence-electron chi connectivity index (χ0n) is 9.07. The van der Waals surface area contributed by atoms with E-state index >= 15 is 0 Å². The monoisotopic (exact) mass is 275 g/mol. The van der Waals surface area contributed by atoms with Gasteiger partial charge in [0, 0.05) is 28.5 Å². The molecule has 1 saturated carbocycles. The minimum atomic E-state index is 0.603. The molecule has 0 bridgehead atoms. The van der Waals surface area contributed by atoms with Crippen LogP contribution in [0.25, 0.3) is 10.8 Å². The molecule has 2 aromatic rings. The fraction of sp³-hybridized carbons (Fsp3) is 0.357. The maximum atomic E-state index is 4.53. The van der Waals surface area contributed by atoms with Crippen LogP contribution in [-0.2, 0) is 6.42 Å². The summed E-state index contributed by atoms with van der Waals surface area (Å²) in [5.41, 5.74) is 1.23. The quantitative estimate of drug-likeness (QED) is 0.773. The zero-order valence-corrected chi connectivity index (χ0v) is 10.7. The van der Waals surface area contributed by atoms with Gasteiger partial charge in [-0.25, -0.2) is 0 Å². The second-order valence-electron chi connectivity index (χ2n) is 4.54. The van der Waals surface area contributed by atoms with Crippen LogP contribution in [0, 0.1) is 5.92 Å². The van der Waals surface area contributed by atoms with E-state index in [4.69, 9.17) is 0 Å². The van der Waals surface area contributed by atoms with Crippen LogP contribution in [0.1, 0.15) is 18.5 Å². The van der Waals surface area contributed by atoms with Gasteiger partial charge in [-0.2, -0.15) is 0 Å². The highest BCUT2D eigenvalue weighted by Crippen LogP contribution is 2.38. The van der Waals surface area contributed by atoms with Crippen LogP contribution in [0.2, 0.25) is 0 Å². The highest BCUT2D eigenvalue weighted by atomic mass is 79.9. The molecular formula is C14H14BrN. The van der Waals surface area contributed by atoms with E-state index in [-0.39, 0.29) is 0 Å². The molecule has 1 aromatic heterocycles. The summed E-state index contributed by atoms with van der Waals surface area (Å²) in [7, 11) is 0. The van der Waals surface area contributed by atoms with Crippen LogP contribution in [0.5, 0.6) is 0 Å². The third-order valence-corrected chi connectivity index (χ3v) is 4.35. The van der Waals surface area contributed by atoms with E-state index in [2.05, 4.69) is 51.2 Å². The largest absolute Gasteiger partial charge is 0.261 e. The minimum absolute atomic E-state index is 0.603. The van der Waals surface area contributed by atoms with Crippen LogP contribution < -0.4 is 0 Å². The first-order chi connectivity index (χ1) is 7.84. The Labute approximate surface area is 104 Å². The summed E-state index contributed by atoms with van der Waals surface area (Å²) in [4.78, 5) is 5.13. The topological polar surface area (TPSA) is 12.9 Å². The predicted octanol–water partition coefficient (Wildman–Crippen LogP) is 3.95. The molecule has 16 heavy (non-hydrogen) atoms. The molecule has 1 fully saturated rings. The number of hydrogen-bond donors (Lipinski definition) is 0. The average molecular weight is 276 g/mol. The number of alkyl halides is 1. The summed E-state index contributed by atoms with van der Waals surface area (Å²) < 4.78 is 0. The second kappa shape index (κ2) is 4.17. The highest BCUT2D eigenvalue weighted by molar-refractivity contribution is 9.09. The van der Waals surface area contributed by atoms with Gasteiger partial charge in [0.25, 0.3) is 0 Å². The summed E-state index contributed by atoms with van der Waals surface area (Å²) in [6.07, 6.45) is 5.72. The van der Waals surface area contributed by atoms with Crippen molar-refractivity contribution in [2.24, 2.45) is 5.92 Å². The molecule has 0 aliphatic heterocycles. The zero-order chi connectivity index (χ0) is 11.0. The van der Waals surface area contributed by atoms with E-state index < -0.39 is 0 Å².